The molecule has 1 aliphatic heterocycles. The second-order valence-corrected chi connectivity index (χ2v) is 7.85. The van der Waals surface area contributed by atoms with Gasteiger partial charge in [0.2, 0.25) is 0 Å². The lowest BCUT2D eigenvalue weighted by Gasteiger charge is -2.32. The summed E-state index contributed by atoms with van der Waals surface area (Å²) in [6.07, 6.45) is 3.38. The molecular weight excluding hydrogens is 288 g/mol. The van der Waals surface area contributed by atoms with Crippen molar-refractivity contribution >= 4 is 6.09 Å². The lowest BCUT2D eigenvalue weighted by atomic mass is 9.94. The Bertz CT molecular complexity index is 588. The summed E-state index contributed by atoms with van der Waals surface area (Å²) in [6, 6.07) is 7.27. The molecule has 4 nitrogen and oxygen atoms in total. The summed E-state index contributed by atoms with van der Waals surface area (Å²) < 4.78 is 5.51. The summed E-state index contributed by atoms with van der Waals surface area (Å²) >= 11 is 0. The number of hydrogen-bond donors (Lipinski definition) is 0. The van der Waals surface area contributed by atoms with Gasteiger partial charge in [-0.3, -0.25) is 4.90 Å². The van der Waals surface area contributed by atoms with E-state index in [1.807, 2.05) is 25.7 Å². The largest absolute Gasteiger partial charge is 0.444 e. The highest BCUT2D eigenvalue weighted by atomic mass is 16.6. The standard InChI is InChI=1S/C19H28N2O2/c1-19(2,3)23-18(22)21-11-10-17-14(6-5-7-15(17)13-21)12-20(4)16-8-9-16/h5-7,16H,8-13H2,1-4H3. The fraction of sp³-hybridized carbons (Fsp3) is 0.632. The maximum absolute atomic E-state index is 12.3. The Morgan fingerprint density at radius 3 is 2.74 bits per heavy atom. The van der Waals surface area contributed by atoms with E-state index >= 15 is 0 Å². The molecule has 0 aromatic heterocycles. The molecule has 23 heavy (non-hydrogen) atoms. The van der Waals surface area contributed by atoms with Crippen LogP contribution in [0, 0.1) is 0 Å². The van der Waals surface area contributed by atoms with Crippen LogP contribution in [0.4, 0.5) is 4.79 Å². The first-order valence-corrected chi connectivity index (χ1v) is 8.61. The highest BCUT2D eigenvalue weighted by molar-refractivity contribution is 5.68. The Labute approximate surface area is 139 Å². The number of carbonyl (C=O) groups excluding carboxylic acids is 1. The quantitative estimate of drug-likeness (QED) is 0.854. The third-order valence-electron chi connectivity index (χ3n) is 4.60. The maximum Gasteiger partial charge on any atom is 0.410 e. The zero-order valence-electron chi connectivity index (χ0n) is 14.8. The average Bonchev–Trinajstić information content (AvgIpc) is 3.29. The molecule has 0 bridgehead atoms. The SMILES string of the molecule is CN(Cc1cccc2c1CCN(C(=O)OC(C)(C)C)C2)C1CC1. The number of ether oxygens (including phenoxy) is 1. The third kappa shape index (κ3) is 4.05. The van der Waals surface area contributed by atoms with Gasteiger partial charge in [0.15, 0.2) is 0 Å². The van der Waals surface area contributed by atoms with Crippen molar-refractivity contribution in [3.63, 3.8) is 0 Å². The molecule has 0 radical (unpaired) electrons. The van der Waals surface area contributed by atoms with Crippen LogP contribution in [0.25, 0.3) is 0 Å². The first kappa shape index (κ1) is 16.3. The highest BCUT2D eigenvalue weighted by Gasteiger charge is 2.29. The van der Waals surface area contributed by atoms with Crippen LogP contribution in [-0.4, -0.2) is 41.1 Å². The van der Waals surface area contributed by atoms with E-state index in [0.29, 0.717) is 6.54 Å². The van der Waals surface area contributed by atoms with Crippen LogP contribution in [0.5, 0.6) is 0 Å². The minimum absolute atomic E-state index is 0.205. The van der Waals surface area contributed by atoms with Gasteiger partial charge < -0.3 is 9.64 Å². The molecule has 126 valence electrons. The van der Waals surface area contributed by atoms with E-state index in [4.69, 9.17) is 4.74 Å². The molecule has 0 atom stereocenters. The van der Waals surface area contributed by atoms with Gasteiger partial charge >= 0.3 is 6.09 Å². The molecule has 4 heteroatoms. The normalized spacial score (nSPS) is 18.0. The summed E-state index contributed by atoms with van der Waals surface area (Å²) in [5.41, 5.74) is 3.68. The van der Waals surface area contributed by atoms with Gasteiger partial charge in [-0.1, -0.05) is 18.2 Å². The van der Waals surface area contributed by atoms with Crippen LogP contribution in [0.1, 0.15) is 50.3 Å². The molecule has 0 spiro atoms. The zero-order chi connectivity index (χ0) is 16.6. The minimum Gasteiger partial charge on any atom is -0.444 e. The predicted octanol–water partition coefficient (Wildman–Crippen LogP) is 3.57. The van der Waals surface area contributed by atoms with Crippen molar-refractivity contribution in [2.24, 2.45) is 0 Å². The zero-order valence-corrected chi connectivity index (χ0v) is 14.8. The molecule has 0 unspecified atom stereocenters. The number of hydrogen-bond acceptors (Lipinski definition) is 3. The van der Waals surface area contributed by atoms with Crippen molar-refractivity contribution in [3.8, 4) is 0 Å². The van der Waals surface area contributed by atoms with Crippen LogP contribution >= 0.6 is 0 Å². The number of benzene rings is 1. The van der Waals surface area contributed by atoms with Crippen LogP contribution < -0.4 is 0 Å². The minimum atomic E-state index is -0.438. The molecule has 2 aliphatic rings. The Morgan fingerprint density at radius 1 is 1.35 bits per heavy atom. The van der Waals surface area contributed by atoms with Crippen molar-refractivity contribution in [2.75, 3.05) is 13.6 Å². The van der Waals surface area contributed by atoms with Crippen molar-refractivity contribution < 1.29 is 9.53 Å². The van der Waals surface area contributed by atoms with Gasteiger partial charge in [0.05, 0.1) is 0 Å². The molecular formula is C19H28N2O2. The summed E-state index contributed by atoms with van der Waals surface area (Å²) in [4.78, 5) is 16.6. The van der Waals surface area contributed by atoms with E-state index < -0.39 is 5.60 Å². The van der Waals surface area contributed by atoms with Gasteiger partial charge in [-0.25, -0.2) is 4.79 Å². The van der Waals surface area contributed by atoms with Crippen molar-refractivity contribution in [1.29, 1.82) is 0 Å². The summed E-state index contributed by atoms with van der Waals surface area (Å²) in [7, 11) is 2.22. The van der Waals surface area contributed by atoms with E-state index in [1.54, 1.807) is 0 Å². The topological polar surface area (TPSA) is 32.8 Å². The molecule has 0 N–H and O–H groups in total. The Balaban J connectivity index is 1.70. The summed E-state index contributed by atoms with van der Waals surface area (Å²) in [6.45, 7) is 8.15. The molecule has 1 fully saturated rings. The summed E-state index contributed by atoms with van der Waals surface area (Å²) in [5, 5.41) is 0. The number of rotatable bonds is 3. The fourth-order valence-electron chi connectivity index (χ4n) is 3.23. The van der Waals surface area contributed by atoms with E-state index in [-0.39, 0.29) is 6.09 Å². The molecule has 1 aliphatic carbocycles. The smallest absolute Gasteiger partial charge is 0.410 e. The number of fused-ring (bicyclic) bond motifs is 1. The van der Waals surface area contributed by atoms with Gasteiger partial charge in [0.1, 0.15) is 5.60 Å². The third-order valence-corrected chi connectivity index (χ3v) is 4.60. The Hall–Kier alpha value is -1.55. The molecule has 1 amide bonds. The van der Waals surface area contributed by atoms with Gasteiger partial charge in [0.25, 0.3) is 0 Å². The fourth-order valence-corrected chi connectivity index (χ4v) is 3.23. The highest BCUT2D eigenvalue weighted by Crippen LogP contribution is 2.29. The first-order chi connectivity index (χ1) is 10.8. The number of nitrogens with zero attached hydrogens (tertiary/aromatic N) is 2. The first-order valence-electron chi connectivity index (χ1n) is 8.61. The van der Waals surface area contributed by atoms with E-state index in [1.165, 1.54) is 29.5 Å². The van der Waals surface area contributed by atoms with Gasteiger partial charge in [-0.05, 0) is 63.8 Å². The van der Waals surface area contributed by atoms with E-state index in [2.05, 4.69) is 30.1 Å². The van der Waals surface area contributed by atoms with Crippen molar-refractivity contribution in [3.05, 3.63) is 34.9 Å². The number of carbonyl (C=O) groups is 1. The lowest BCUT2D eigenvalue weighted by molar-refractivity contribution is 0.0223. The van der Waals surface area contributed by atoms with Gasteiger partial charge in [-0.2, -0.15) is 0 Å². The average molecular weight is 316 g/mol. The molecule has 1 aromatic rings. The lowest BCUT2D eigenvalue weighted by Crippen LogP contribution is -2.40. The van der Waals surface area contributed by atoms with Crippen LogP contribution in [0.2, 0.25) is 0 Å². The second kappa shape index (κ2) is 6.16. The van der Waals surface area contributed by atoms with Crippen molar-refractivity contribution in [2.45, 2.75) is 64.8 Å². The van der Waals surface area contributed by atoms with Crippen LogP contribution in [0.15, 0.2) is 18.2 Å². The van der Waals surface area contributed by atoms with E-state index in [0.717, 1.165) is 25.6 Å². The van der Waals surface area contributed by atoms with Crippen LogP contribution in [0.3, 0.4) is 0 Å². The molecule has 3 rings (SSSR count). The number of amides is 1. The second-order valence-electron chi connectivity index (χ2n) is 7.85. The molecule has 1 heterocycles. The van der Waals surface area contributed by atoms with Crippen LogP contribution in [-0.2, 0) is 24.2 Å². The summed E-state index contributed by atoms with van der Waals surface area (Å²) in [5.74, 6) is 0. The van der Waals surface area contributed by atoms with Crippen molar-refractivity contribution in [1.82, 2.24) is 9.80 Å². The molecule has 1 aromatic carbocycles. The maximum atomic E-state index is 12.3. The monoisotopic (exact) mass is 316 g/mol. The van der Waals surface area contributed by atoms with Gasteiger partial charge in [0, 0.05) is 25.7 Å². The molecule has 1 saturated carbocycles. The Morgan fingerprint density at radius 2 is 2.09 bits per heavy atom. The Kier molecular flexibility index (Phi) is 4.37. The van der Waals surface area contributed by atoms with E-state index in [9.17, 15) is 4.79 Å². The van der Waals surface area contributed by atoms with Gasteiger partial charge in [-0.15, -0.1) is 0 Å². The molecule has 0 saturated heterocycles. The predicted molar refractivity (Wildman–Crippen MR) is 91.3 cm³/mol.